The molecule has 2 N–H and O–H groups in total. The number of nitrogens with one attached hydrogen (secondary N) is 2. The third kappa shape index (κ3) is 5.33. The van der Waals surface area contributed by atoms with Crippen LogP contribution in [0.25, 0.3) is 10.9 Å². The largest absolute Gasteiger partial charge is 0.497 e. The Balaban J connectivity index is 1.26. The maximum atomic E-state index is 12.4. The lowest BCUT2D eigenvalue weighted by Crippen LogP contribution is -2.35. The highest BCUT2D eigenvalue weighted by molar-refractivity contribution is 5.86. The van der Waals surface area contributed by atoms with Crippen molar-refractivity contribution in [2.45, 2.75) is 52.6 Å². The van der Waals surface area contributed by atoms with Gasteiger partial charge in [-0.1, -0.05) is 30.3 Å². The third-order valence-corrected chi connectivity index (χ3v) is 6.79. The van der Waals surface area contributed by atoms with Crippen molar-refractivity contribution in [1.29, 1.82) is 0 Å². The number of aromatic nitrogens is 1. The molecular formula is C27H35N3O2. The molecule has 1 amide bonds. The molecule has 0 radical (unpaired) electrons. The molecular weight excluding hydrogens is 398 g/mol. The molecule has 0 saturated carbocycles. The number of amides is 1. The zero-order valence-corrected chi connectivity index (χ0v) is 19.5. The van der Waals surface area contributed by atoms with Crippen LogP contribution in [-0.2, 0) is 17.9 Å². The van der Waals surface area contributed by atoms with Crippen molar-refractivity contribution in [3.05, 3.63) is 64.8 Å². The number of benzene rings is 2. The molecule has 4 rings (SSSR count). The number of para-hydroxylation sites is 1. The molecule has 5 nitrogen and oxygen atoms in total. The number of methoxy groups -OCH3 is 1. The Hall–Kier alpha value is -2.79. The molecule has 1 fully saturated rings. The van der Waals surface area contributed by atoms with E-state index in [1.54, 1.807) is 7.11 Å². The van der Waals surface area contributed by atoms with Gasteiger partial charge in [-0.15, -0.1) is 0 Å². The van der Waals surface area contributed by atoms with Crippen LogP contribution in [0.15, 0.2) is 42.5 Å². The minimum absolute atomic E-state index is 0.131. The van der Waals surface area contributed by atoms with Crippen LogP contribution in [-0.4, -0.2) is 36.0 Å². The van der Waals surface area contributed by atoms with Gasteiger partial charge in [-0.05, 0) is 74.4 Å². The minimum atomic E-state index is 0.131. The molecule has 170 valence electrons. The fourth-order valence-corrected chi connectivity index (χ4v) is 4.87. The maximum absolute atomic E-state index is 12.4. The van der Waals surface area contributed by atoms with Crippen LogP contribution in [0.5, 0.6) is 5.75 Å². The van der Waals surface area contributed by atoms with Crippen LogP contribution in [0.2, 0.25) is 0 Å². The molecule has 32 heavy (non-hydrogen) atoms. The monoisotopic (exact) mass is 433 g/mol. The van der Waals surface area contributed by atoms with E-state index in [9.17, 15) is 4.79 Å². The van der Waals surface area contributed by atoms with Crippen LogP contribution < -0.4 is 10.1 Å². The molecule has 5 heteroatoms. The van der Waals surface area contributed by atoms with Crippen molar-refractivity contribution in [1.82, 2.24) is 15.2 Å². The third-order valence-electron chi connectivity index (χ3n) is 6.79. The molecule has 1 aliphatic rings. The zero-order chi connectivity index (χ0) is 22.5. The van der Waals surface area contributed by atoms with Crippen LogP contribution in [0, 0.1) is 19.8 Å². The quantitative estimate of drug-likeness (QED) is 0.519. The van der Waals surface area contributed by atoms with Crippen molar-refractivity contribution < 1.29 is 9.53 Å². The number of carbonyl (C=O) groups excluding carboxylic acids is 1. The summed E-state index contributed by atoms with van der Waals surface area (Å²) in [6.45, 7) is 8.09. The lowest BCUT2D eigenvalue weighted by molar-refractivity contribution is -0.121. The van der Waals surface area contributed by atoms with Crippen molar-refractivity contribution in [3.63, 3.8) is 0 Å². The van der Waals surface area contributed by atoms with Crippen molar-refractivity contribution >= 4 is 16.8 Å². The van der Waals surface area contributed by atoms with E-state index >= 15 is 0 Å². The highest BCUT2D eigenvalue weighted by Gasteiger charge is 2.22. The summed E-state index contributed by atoms with van der Waals surface area (Å²) in [6, 6.07) is 14.4. The highest BCUT2D eigenvalue weighted by atomic mass is 16.5. The molecule has 1 aromatic heterocycles. The molecule has 1 saturated heterocycles. The minimum Gasteiger partial charge on any atom is -0.497 e. The first-order valence-corrected chi connectivity index (χ1v) is 11.7. The Morgan fingerprint density at radius 2 is 2.06 bits per heavy atom. The van der Waals surface area contributed by atoms with E-state index < -0.39 is 0 Å². The van der Waals surface area contributed by atoms with Gasteiger partial charge in [0.1, 0.15) is 5.75 Å². The summed E-state index contributed by atoms with van der Waals surface area (Å²) in [4.78, 5) is 18.6. The van der Waals surface area contributed by atoms with E-state index in [0.29, 0.717) is 18.9 Å². The first-order chi connectivity index (χ1) is 15.5. The van der Waals surface area contributed by atoms with Crippen LogP contribution in [0.3, 0.4) is 0 Å². The molecule has 0 spiro atoms. The number of hydrogen-bond acceptors (Lipinski definition) is 3. The Kier molecular flexibility index (Phi) is 7.15. The molecule has 1 unspecified atom stereocenters. The van der Waals surface area contributed by atoms with E-state index in [1.165, 1.54) is 40.6 Å². The first-order valence-electron chi connectivity index (χ1n) is 11.7. The van der Waals surface area contributed by atoms with Gasteiger partial charge in [0, 0.05) is 42.7 Å². The van der Waals surface area contributed by atoms with Gasteiger partial charge >= 0.3 is 0 Å². The smallest absolute Gasteiger partial charge is 0.220 e. The average molecular weight is 434 g/mol. The summed E-state index contributed by atoms with van der Waals surface area (Å²) < 4.78 is 5.25. The van der Waals surface area contributed by atoms with Crippen molar-refractivity contribution in [3.8, 4) is 5.75 Å². The second-order valence-electron chi connectivity index (χ2n) is 9.14. The Morgan fingerprint density at radius 3 is 2.88 bits per heavy atom. The van der Waals surface area contributed by atoms with E-state index in [0.717, 1.165) is 37.4 Å². The number of ether oxygens (including phenoxy) is 1. The van der Waals surface area contributed by atoms with Gasteiger partial charge in [-0.25, -0.2) is 0 Å². The Labute approximate surface area is 191 Å². The number of fused-ring (bicyclic) bond motifs is 1. The second-order valence-corrected chi connectivity index (χ2v) is 9.14. The van der Waals surface area contributed by atoms with Crippen LogP contribution in [0.4, 0.5) is 0 Å². The lowest BCUT2D eigenvalue weighted by Gasteiger charge is -2.32. The molecule has 0 bridgehead atoms. The number of H-pyrrole nitrogens is 1. The number of nitrogens with zero attached hydrogens (tertiary/aromatic N) is 1. The fourth-order valence-electron chi connectivity index (χ4n) is 4.87. The summed E-state index contributed by atoms with van der Waals surface area (Å²) in [5, 5.41) is 4.39. The molecule has 0 aliphatic carbocycles. The Bertz CT molecular complexity index is 1070. The molecule has 1 atom stereocenters. The normalized spacial score (nSPS) is 16.9. The van der Waals surface area contributed by atoms with Gasteiger partial charge in [0.15, 0.2) is 0 Å². The summed E-state index contributed by atoms with van der Waals surface area (Å²) in [5.41, 5.74) is 6.31. The first kappa shape index (κ1) is 22.4. The van der Waals surface area contributed by atoms with Crippen LogP contribution >= 0.6 is 0 Å². The van der Waals surface area contributed by atoms with E-state index in [2.05, 4.69) is 47.2 Å². The molecule has 2 aromatic carbocycles. The number of rotatable bonds is 8. The number of carbonyl (C=O) groups is 1. The van der Waals surface area contributed by atoms with Crippen molar-refractivity contribution in [2.75, 3.05) is 20.2 Å². The summed E-state index contributed by atoms with van der Waals surface area (Å²) >= 11 is 0. The van der Waals surface area contributed by atoms with Gasteiger partial charge in [-0.3, -0.25) is 9.69 Å². The van der Waals surface area contributed by atoms with Crippen LogP contribution in [0.1, 0.15) is 48.1 Å². The number of likely N-dealkylation sites (tertiary alicyclic amines) is 1. The zero-order valence-electron chi connectivity index (χ0n) is 19.5. The van der Waals surface area contributed by atoms with Crippen molar-refractivity contribution in [2.24, 2.45) is 5.92 Å². The van der Waals surface area contributed by atoms with E-state index in [-0.39, 0.29) is 5.91 Å². The van der Waals surface area contributed by atoms with Gasteiger partial charge < -0.3 is 15.0 Å². The molecule has 3 aromatic rings. The fraction of sp³-hybridized carbons (Fsp3) is 0.444. The second kappa shape index (κ2) is 10.2. The predicted molar refractivity (Wildman–Crippen MR) is 130 cm³/mol. The number of aromatic amines is 1. The lowest BCUT2D eigenvalue weighted by atomic mass is 9.93. The molecule has 1 aliphatic heterocycles. The number of hydrogen-bond donors (Lipinski definition) is 2. The predicted octanol–water partition coefficient (Wildman–Crippen LogP) is 5.10. The highest BCUT2D eigenvalue weighted by Crippen LogP contribution is 2.27. The number of aryl methyl sites for hydroxylation is 2. The topological polar surface area (TPSA) is 57.4 Å². The van der Waals surface area contributed by atoms with E-state index in [1.807, 2.05) is 24.3 Å². The molecule has 2 heterocycles. The van der Waals surface area contributed by atoms with Gasteiger partial charge in [0.25, 0.3) is 0 Å². The standard InChI is InChI=1S/C27H35N3O2/c1-19-7-4-11-24-20(2)25(29-27(19)24)18-30-14-6-9-21(17-30)12-13-26(31)28-16-22-8-5-10-23(15-22)32-3/h4-5,7-8,10-11,15,21,29H,6,9,12-14,16-18H2,1-3H3,(H,28,31). The van der Waals surface area contributed by atoms with Gasteiger partial charge in [0.05, 0.1) is 7.11 Å². The summed E-state index contributed by atoms with van der Waals surface area (Å²) in [7, 11) is 1.66. The van der Waals surface area contributed by atoms with Gasteiger partial charge in [0.2, 0.25) is 5.91 Å². The SMILES string of the molecule is COc1cccc(CNC(=O)CCC2CCCN(Cc3[nH]c4c(C)cccc4c3C)C2)c1. The maximum Gasteiger partial charge on any atom is 0.220 e. The average Bonchev–Trinajstić information content (AvgIpc) is 3.13. The summed E-state index contributed by atoms with van der Waals surface area (Å²) in [6.07, 6.45) is 3.96. The Morgan fingerprint density at radius 1 is 1.22 bits per heavy atom. The number of piperidine rings is 1. The van der Waals surface area contributed by atoms with Gasteiger partial charge in [-0.2, -0.15) is 0 Å². The summed E-state index contributed by atoms with van der Waals surface area (Å²) in [5.74, 6) is 1.53. The van der Waals surface area contributed by atoms with E-state index in [4.69, 9.17) is 4.74 Å².